The van der Waals surface area contributed by atoms with Gasteiger partial charge in [-0.1, -0.05) is 37.6 Å². The number of para-hydroxylation sites is 2. The summed E-state index contributed by atoms with van der Waals surface area (Å²) in [7, 11) is -2.48. The van der Waals surface area contributed by atoms with Crippen molar-refractivity contribution in [3.05, 3.63) is 82.4 Å². The van der Waals surface area contributed by atoms with Crippen molar-refractivity contribution >= 4 is 33.2 Å². The number of aryl methyl sites for hydroxylation is 1. The maximum absolute atomic E-state index is 13.8. The van der Waals surface area contributed by atoms with Gasteiger partial charge in [-0.25, -0.2) is 8.42 Å². The van der Waals surface area contributed by atoms with Gasteiger partial charge in [-0.2, -0.15) is 0 Å². The van der Waals surface area contributed by atoms with Crippen molar-refractivity contribution in [3.63, 3.8) is 0 Å². The SMILES string of the molecule is CCOc1ccccc1N(CC(=O)NC(C)c1cc(C(C)C)c(OC)cc1C)S(=O)(=O)c1ccc(Cl)cc1. The topological polar surface area (TPSA) is 84.9 Å². The molecule has 0 aromatic heterocycles. The Kier molecular flexibility index (Phi) is 9.68. The van der Waals surface area contributed by atoms with E-state index in [9.17, 15) is 13.2 Å². The van der Waals surface area contributed by atoms with Crippen molar-refractivity contribution < 1.29 is 22.7 Å². The molecule has 3 aromatic rings. The number of halogens is 1. The van der Waals surface area contributed by atoms with Gasteiger partial charge in [0.05, 0.1) is 30.3 Å². The number of nitrogens with zero attached hydrogens (tertiary/aromatic N) is 1. The van der Waals surface area contributed by atoms with Crippen LogP contribution >= 0.6 is 11.6 Å². The number of ether oxygens (including phenoxy) is 2. The molecule has 0 aliphatic rings. The molecule has 0 spiro atoms. The van der Waals surface area contributed by atoms with Crippen LogP contribution in [0.15, 0.2) is 65.6 Å². The summed E-state index contributed by atoms with van der Waals surface area (Å²) in [5.41, 5.74) is 3.21. The fourth-order valence-electron chi connectivity index (χ4n) is 4.28. The number of carbonyl (C=O) groups excluding carboxylic acids is 1. The predicted molar refractivity (Wildman–Crippen MR) is 152 cm³/mol. The molecule has 1 unspecified atom stereocenters. The first kappa shape index (κ1) is 29.3. The lowest BCUT2D eigenvalue weighted by atomic mass is 9.93. The fourth-order valence-corrected chi connectivity index (χ4v) is 5.84. The van der Waals surface area contributed by atoms with Crippen molar-refractivity contribution in [2.24, 2.45) is 0 Å². The molecule has 1 amide bonds. The molecule has 0 heterocycles. The third kappa shape index (κ3) is 6.60. The maximum atomic E-state index is 13.8. The van der Waals surface area contributed by atoms with Crippen LogP contribution in [0.3, 0.4) is 0 Å². The number of nitrogens with one attached hydrogen (secondary N) is 1. The van der Waals surface area contributed by atoms with E-state index < -0.39 is 22.5 Å². The molecule has 3 aromatic carbocycles. The van der Waals surface area contributed by atoms with Crippen LogP contribution in [0.2, 0.25) is 5.02 Å². The first-order valence-electron chi connectivity index (χ1n) is 12.5. The zero-order chi connectivity index (χ0) is 28.0. The Morgan fingerprint density at radius 3 is 2.26 bits per heavy atom. The highest BCUT2D eigenvalue weighted by Crippen LogP contribution is 2.34. The lowest BCUT2D eigenvalue weighted by molar-refractivity contribution is -0.120. The summed E-state index contributed by atoms with van der Waals surface area (Å²) in [6.45, 7) is 9.70. The molecular formula is C29H35ClN2O5S. The van der Waals surface area contributed by atoms with Gasteiger partial charge in [0.25, 0.3) is 10.0 Å². The summed E-state index contributed by atoms with van der Waals surface area (Å²) in [4.78, 5) is 13.4. The lowest BCUT2D eigenvalue weighted by Crippen LogP contribution is -2.41. The first-order valence-corrected chi connectivity index (χ1v) is 14.3. The fraction of sp³-hybridized carbons (Fsp3) is 0.345. The second-order valence-corrected chi connectivity index (χ2v) is 11.6. The molecular weight excluding hydrogens is 524 g/mol. The molecule has 3 rings (SSSR count). The van der Waals surface area contributed by atoms with E-state index in [4.69, 9.17) is 21.1 Å². The van der Waals surface area contributed by atoms with Crippen molar-refractivity contribution in [1.82, 2.24) is 5.32 Å². The van der Waals surface area contributed by atoms with Crippen LogP contribution in [-0.4, -0.2) is 34.6 Å². The predicted octanol–water partition coefficient (Wildman–Crippen LogP) is 6.25. The minimum absolute atomic E-state index is 0.0154. The highest BCUT2D eigenvalue weighted by Gasteiger charge is 2.30. The van der Waals surface area contributed by atoms with Gasteiger partial charge >= 0.3 is 0 Å². The van der Waals surface area contributed by atoms with Crippen LogP contribution in [0.5, 0.6) is 11.5 Å². The average Bonchev–Trinajstić information content (AvgIpc) is 2.87. The summed E-state index contributed by atoms with van der Waals surface area (Å²) in [6.07, 6.45) is 0. The molecule has 0 aliphatic carbocycles. The molecule has 0 fully saturated rings. The Bertz CT molecular complexity index is 1370. The number of rotatable bonds is 11. The monoisotopic (exact) mass is 558 g/mol. The summed E-state index contributed by atoms with van der Waals surface area (Å²) in [5.74, 6) is 0.929. The quantitative estimate of drug-likeness (QED) is 0.300. The van der Waals surface area contributed by atoms with E-state index in [1.807, 2.05) is 32.9 Å². The number of hydrogen-bond acceptors (Lipinski definition) is 5. The second kappa shape index (κ2) is 12.5. The van der Waals surface area contributed by atoms with Gasteiger partial charge in [-0.3, -0.25) is 9.10 Å². The van der Waals surface area contributed by atoms with Crippen LogP contribution in [0, 0.1) is 6.92 Å². The van der Waals surface area contributed by atoms with E-state index in [0.29, 0.717) is 17.4 Å². The van der Waals surface area contributed by atoms with Gasteiger partial charge in [0.1, 0.15) is 18.0 Å². The van der Waals surface area contributed by atoms with Crippen molar-refractivity contribution in [2.45, 2.75) is 51.5 Å². The van der Waals surface area contributed by atoms with Crippen LogP contribution in [0.4, 0.5) is 5.69 Å². The molecule has 0 saturated heterocycles. The number of hydrogen-bond donors (Lipinski definition) is 1. The molecule has 204 valence electrons. The smallest absolute Gasteiger partial charge is 0.264 e. The summed E-state index contributed by atoms with van der Waals surface area (Å²) in [5, 5.41) is 3.39. The number of methoxy groups -OCH3 is 1. The zero-order valence-electron chi connectivity index (χ0n) is 22.6. The molecule has 0 radical (unpaired) electrons. The van der Waals surface area contributed by atoms with Crippen molar-refractivity contribution in [3.8, 4) is 11.5 Å². The van der Waals surface area contributed by atoms with E-state index >= 15 is 0 Å². The third-order valence-corrected chi connectivity index (χ3v) is 8.23. The Morgan fingerprint density at radius 1 is 1.00 bits per heavy atom. The molecule has 0 aliphatic heterocycles. The molecule has 7 nitrogen and oxygen atoms in total. The van der Waals surface area contributed by atoms with Crippen molar-refractivity contribution in [1.29, 1.82) is 0 Å². The van der Waals surface area contributed by atoms with Crippen LogP contribution in [0.1, 0.15) is 56.3 Å². The van der Waals surface area contributed by atoms with E-state index in [0.717, 1.165) is 26.7 Å². The van der Waals surface area contributed by atoms with E-state index in [1.165, 1.54) is 24.3 Å². The van der Waals surface area contributed by atoms with Gasteiger partial charge in [0.2, 0.25) is 5.91 Å². The zero-order valence-corrected chi connectivity index (χ0v) is 24.2. The highest BCUT2D eigenvalue weighted by molar-refractivity contribution is 7.92. The number of anilines is 1. The van der Waals surface area contributed by atoms with Gasteiger partial charge < -0.3 is 14.8 Å². The summed E-state index contributed by atoms with van der Waals surface area (Å²) in [6, 6.07) is 16.2. The number of sulfonamides is 1. The van der Waals surface area contributed by atoms with E-state index in [2.05, 4.69) is 19.2 Å². The first-order chi connectivity index (χ1) is 18.0. The minimum atomic E-state index is -4.12. The van der Waals surface area contributed by atoms with Gasteiger partial charge in [-0.15, -0.1) is 0 Å². The van der Waals surface area contributed by atoms with Crippen LogP contribution in [-0.2, 0) is 14.8 Å². The van der Waals surface area contributed by atoms with Gasteiger partial charge in [0.15, 0.2) is 0 Å². The molecule has 0 saturated carbocycles. The van der Waals surface area contributed by atoms with Gasteiger partial charge in [-0.05, 0) is 91.9 Å². The average molecular weight is 559 g/mol. The minimum Gasteiger partial charge on any atom is -0.496 e. The molecule has 0 bridgehead atoms. The number of benzene rings is 3. The van der Waals surface area contributed by atoms with E-state index in [-0.39, 0.29) is 22.5 Å². The molecule has 38 heavy (non-hydrogen) atoms. The summed E-state index contributed by atoms with van der Waals surface area (Å²) < 4.78 is 39.9. The second-order valence-electron chi connectivity index (χ2n) is 9.26. The highest BCUT2D eigenvalue weighted by atomic mass is 35.5. The Hall–Kier alpha value is -3.23. The standard InChI is InChI=1S/C29H35ClN2O5S/c1-7-37-27-11-9-8-10-26(27)32(38(34,35)23-14-12-22(30)13-15-23)18-29(33)31-21(5)25-17-24(19(2)3)28(36-6)16-20(25)4/h8-17,19,21H,7,18H2,1-6H3,(H,31,33). The van der Waals surface area contributed by atoms with Crippen molar-refractivity contribution in [2.75, 3.05) is 24.6 Å². The summed E-state index contributed by atoms with van der Waals surface area (Å²) >= 11 is 5.99. The molecule has 1 atom stereocenters. The van der Waals surface area contributed by atoms with E-state index in [1.54, 1.807) is 31.4 Å². The molecule has 9 heteroatoms. The Labute approximate surface area is 230 Å². The third-order valence-electron chi connectivity index (χ3n) is 6.21. The largest absolute Gasteiger partial charge is 0.496 e. The van der Waals surface area contributed by atoms with Gasteiger partial charge in [0, 0.05) is 5.02 Å². The normalized spacial score (nSPS) is 12.2. The van der Waals surface area contributed by atoms with Crippen LogP contribution < -0.4 is 19.1 Å². The molecule has 1 N–H and O–H groups in total. The Morgan fingerprint density at radius 2 is 1.66 bits per heavy atom. The van der Waals surface area contributed by atoms with Crippen LogP contribution in [0.25, 0.3) is 0 Å². The lowest BCUT2D eigenvalue weighted by Gasteiger charge is -2.27. The number of carbonyl (C=O) groups is 1. The Balaban J connectivity index is 1.97. The maximum Gasteiger partial charge on any atom is 0.264 e. The number of amides is 1.